The maximum atomic E-state index is 3.87. The van der Waals surface area contributed by atoms with Crippen molar-refractivity contribution in [3.8, 4) is 0 Å². The van der Waals surface area contributed by atoms with Gasteiger partial charge in [-0.1, -0.05) is 24.3 Å². The summed E-state index contributed by atoms with van der Waals surface area (Å²) < 4.78 is 0. The molecule has 0 amide bonds. The van der Waals surface area contributed by atoms with E-state index in [2.05, 4.69) is 26.5 Å². The molecule has 0 unspecified atom stereocenters. The Balaban J connectivity index is 4.50. The lowest BCUT2D eigenvalue weighted by atomic mass is 10.1. The largest absolute Gasteiger partial charge is 0.0958 e. The molecule has 0 heterocycles. The molecule has 0 aromatic carbocycles. The van der Waals surface area contributed by atoms with Crippen LogP contribution in [0, 0.1) is 0 Å². The molecule has 0 rings (SSSR count). The Labute approximate surface area is 64.0 Å². The lowest BCUT2D eigenvalue weighted by molar-refractivity contribution is 1.28. The van der Waals surface area contributed by atoms with E-state index in [1.165, 1.54) is 11.1 Å². The van der Waals surface area contributed by atoms with Crippen molar-refractivity contribution in [3.05, 3.63) is 35.5 Å². The van der Waals surface area contributed by atoms with E-state index in [4.69, 9.17) is 0 Å². The lowest BCUT2D eigenvalue weighted by Gasteiger charge is -2.01. The van der Waals surface area contributed by atoms with Gasteiger partial charge in [0.1, 0.15) is 0 Å². The molecule has 0 saturated carbocycles. The maximum Gasteiger partial charge on any atom is -0.0393 e. The molecule has 0 radical (unpaired) electrons. The zero-order valence-electron chi connectivity index (χ0n) is 7.36. The molecule has 0 aliphatic heterocycles. The summed E-state index contributed by atoms with van der Waals surface area (Å²) in [5.74, 6) is 0. The molecule has 0 bridgehead atoms. The molecule has 0 fully saturated rings. The van der Waals surface area contributed by atoms with Crippen LogP contribution in [0.1, 0.15) is 27.7 Å². The van der Waals surface area contributed by atoms with Crippen molar-refractivity contribution >= 4 is 0 Å². The first kappa shape index (κ1) is 9.22. The summed E-state index contributed by atoms with van der Waals surface area (Å²) in [5, 5.41) is 0. The molecule has 0 nitrogen and oxygen atoms in total. The van der Waals surface area contributed by atoms with Gasteiger partial charge in [0.05, 0.1) is 0 Å². The summed E-state index contributed by atoms with van der Waals surface area (Å²) in [7, 11) is 0. The smallest absolute Gasteiger partial charge is 0.0393 e. The van der Waals surface area contributed by atoms with Crippen LogP contribution in [0.2, 0.25) is 0 Å². The second-order valence-electron chi connectivity index (χ2n) is 2.59. The molecule has 0 aromatic heterocycles. The fraction of sp³-hybridized carbons (Fsp3) is 0.400. The van der Waals surface area contributed by atoms with Gasteiger partial charge in [-0.25, -0.2) is 0 Å². The third kappa shape index (κ3) is 2.67. The minimum absolute atomic E-state index is 1.15. The van der Waals surface area contributed by atoms with Crippen molar-refractivity contribution in [3.63, 3.8) is 0 Å². The minimum Gasteiger partial charge on any atom is -0.0958 e. The maximum absolute atomic E-state index is 3.87. The Kier molecular flexibility index (Phi) is 3.78. The molecule has 10 heavy (non-hydrogen) atoms. The van der Waals surface area contributed by atoms with Gasteiger partial charge in [-0.15, -0.1) is 0 Å². The second-order valence-corrected chi connectivity index (χ2v) is 2.59. The van der Waals surface area contributed by atoms with Crippen LogP contribution in [-0.4, -0.2) is 0 Å². The summed E-state index contributed by atoms with van der Waals surface area (Å²) in [4.78, 5) is 0. The van der Waals surface area contributed by atoms with E-state index in [1.807, 2.05) is 19.9 Å². The Bertz CT molecular complexity index is 180. The molecule has 0 heteroatoms. The third-order valence-corrected chi connectivity index (χ3v) is 1.65. The lowest BCUT2D eigenvalue weighted by Crippen LogP contribution is -1.80. The number of allylic oxidation sites excluding steroid dienone is 5. The molecular formula is C10H16. The molecule has 0 N–H and O–H groups in total. The van der Waals surface area contributed by atoms with E-state index in [1.54, 1.807) is 0 Å². The van der Waals surface area contributed by atoms with Crippen LogP contribution in [0.5, 0.6) is 0 Å². The Morgan fingerprint density at radius 2 is 1.70 bits per heavy atom. The Morgan fingerprint density at radius 3 is 2.00 bits per heavy atom. The fourth-order valence-corrected chi connectivity index (χ4v) is 0.712. The van der Waals surface area contributed by atoms with Crippen LogP contribution in [0.3, 0.4) is 0 Å². The average molecular weight is 136 g/mol. The number of hydrogen-bond donors (Lipinski definition) is 0. The molecule has 56 valence electrons. The van der Waals surface area contributed by atoms with Crippen molar-refractivity contribution in [2.45, 2.75) is 27.7 Å². The first-order chi connectivity index (χ1) is 4.59. The minimum atomic E-state index is 1.15. The highest BCUT2D eigenvalue weighted by Crippen LogP contribution is 2.11. The highest BCUT2D eigenvalue weighted by Gasteiger charge is 1.91. The Morgan fingerprint density at radius 1 is 1.20 bits per heavy atom. The van der Waals surface area contributed by atoms with Crippen LogP contribution in [0.4, 0.5) is 0 Å². The van der Waals surface area contributed by atoms with E-state index < -0.39 is 0 Å². The monoisotopic (exact) mass is 136 g/mol. The fourth-order valence-electron chi connectivity index (χ4n) is 0.712. The van der Waals surface area contributed by atoms with Crippen molar-refractivity contribution in [2.24, 2.45) is 0 Å². The summed E-state index contributed by atoms with van der Waals surface area (Å²) in [6.45, 7) is 12.1. The van der Waals surface area contributed by atoms with Gasteiger partial charge in [-0.3, -0.25) is 0 Å². The van der Waals surface area contributed by atoms with E-state index >= 15 is 0 Å². The second kappa shape index (κ2) is 4.10. The van der Waals surface area contributed by atoms with Crippen LogP contribution >= 0.6 is 0 Å². The standard InChI is InChI=1S/C10H16/c1-6-7-9(4)10(5)8(2)3/h6-7H,2H2,1,3-5H3/b7-6-,10-9-. The topological polar surface area (TPSA) is 0 Å². The van der Waals surface area contributed by atoms with Gasteiger partial charge in [-0.05, 0) is 38.8 Å². The third-order valence-electron chi connectivity index (χ3n) is 1.65. The first-order valence-electron chi connectivity index (χ1n) is 3.55. The van der Waals surface area contributed by atoms with E-state index in [0.717, 1.165) is 5.57 Å². The quantitative estimate of drug-likeness (QED) is 0.510. The molecule has 0 atom stereocenters. The SMILES string of the molecule is C=C(C)/C(C)=C(C)\C=C/C. The highest BCUT2D eigenvalue weighted by molar-refractivity contribution is 5.34. The van der Waals surface area contributed by atoms with Crippen molar-refractivity contribution in [2.75, 3.05) is 0 Å². The van der Waals surface area contributed by atoms with Crippen molar-refractivity contribution in [1.29, 1.82) is 0 Å². The van der Waals surface area contributed by atoms with Gasteiger partial charge in [0.2, 0.25) is 0 Å². The highest BCUT2D eigenvalue weighted by atomic mass is 14.0. The average Bonchev–Trinajstić information content (AvgIpc) is 1.87. The summed E-state index contributed by atoms with van der Waals surface area (Å²) in [6.07, 6.45) is 4.14. The molecule has 0 aromatic rings. The van der Waals surface area contributed by atoms with Crippen molar-refractivity contribution in [1.82, 2.24) is 0 Å². The van der Waals surface area contributed by atoms with Crippen LogP contribution < -0.4 is 0 Å². The van der Waals surface area contributed by atoms with Crippen molar-refractivity contribution < 1.29 is 0 Å². The molecule has 0 aliphatic carbocycles. The zero-order valence-corrected chi connectivity index (χ0v) is 7.36. The van der Waals surface area contributed by atoms with E-state index in [-0.39, 0.29) is 0 Å². The van der Waals surface area contributed by atoms with Gasteiger partial charge in [-0.2, -0.15) is 0 Å². The predicted octanol–water partition coefficient (Wildman–Crippen LogP) is 3.48. The van der Waals surface area contributed by atoms with Crippen LogP contribution in [0.15, 0.2) is 35.5 Å². The van der Waals surface area contributed by atoms with Gasteiger partial charge >= 0.3 is 0 Å². The summed E-state index contributed by atoms with van der Waals surface area (Å²) in [5.41, 5.74) is 3.74. The van der Waals surface area contributed by atoms with Gasteiger partial charge in [0.15, 0.2) is 0 Å². The van der Waals surface area contributed by atoms with E-state index in [0.29, 0.717) is 0 Å². The first-order valence-corrected chi connectivity index (χ1v) is 3.55. The Hall–Kier alpha value is -0.780. The number of hydrogen-bond acceptors (Lipinski definition) is 0. The van der Waals surface area contributed by atoms with Crippen LogP contribution in [0.25, 0.3) is 0 Å². The zero-order chi connectivity index (χ0) is 8.15. The summed E-state index contributed by atoms with van der Waals surface area (Å²) in [6, 6.07) is 0. The molecule has 0 aliphatic rings. The normalized spacial score (nSPS) is 13.6. The van der Waals surface area contributed by atoms with E-state index in [9.17, 15) is 0 Å². The number of rotatable bonds is 2. The predicted molar refractivity (Wildman–Crippen MR) is 48.0 cm³/mol. The van der Waals surface area contributed by atoms with Gasteiger partial charge < -0.3 is 0 Å². The van der Waals surface area contributed by atoms with Crippen LogP contribution in [-0.2, 0) is 0 Å². The molecule has 0 spiro atoms. The molecule has 0 saturated heterocycles. The van der Waals surface area contributed by atoms with Gasteiger partial charge in [0.25, 0.3) is 0 Å². The van der Waals surface area contributed by atoms with Gasteiger partial charge in [0, 0.05) is 0 Å². The summed E-state index contributed by atoms with van der Waals surface area (Å²) >= 11 is 0. The molecular weight excluding hydrogens is 120 g/mol.